The molecule has 0 spiro atoms. The van der Waals surface area contributed by atoms with Crippen molar-refractivity contribution in [1.82, 2.24) is 24.1 Å². The van der Waals surface area contributed by atoms with E-state index in [9.17, 15) is 14.7 Å². The quantitative estimate of drug-likeness (QED) is 0.407. The van der Waals surface area contributed by atoms with Crippen LogP contribution >= 0.6 is 0 Å². The van der Waals surface area contributed by atoms with Crippen LogP contribution in [0, 0.1) is 12.7 Å². The molecule has 0 saturated carbocycles. The van der Waals surface area contributed by atoms with Gasteiger partial charge in [-0.15, -0.1) is 0 Å². The lowest BCUT2D eigenvalue weighted by atomic mass is 9.97. The molecule has 1 aliphatic carbocycles. The summed E-state index contributed by atoms with van der Waals surface area (Å²) in [5.41, 5.74) is 3.32. The molecule has 1 amide bonds. The molecule has 10 nitrogen and oxygen atoms in total. The van der Waals surface area contributed by atoms with Gasteiger partial charge in [0, 0.05) is 61.1 Å². The van der Waals surface area contributed by atoms with Crippen LogP contribution in [0.4, 0.5) is 21.7 Å². The van der Waals surface area contributed by atoms with Crippen molar-refractivity contribution >= 4 is 23.2 Å². The number of carbonyl (C=O) groups excluding carboxylic acids is 1. The molecule has 0 fully saturated rings. The smallest absolute Gasteiger partial charge is 0.279 e. The number of pyridine rings is 2. The number of aliphatic hydroxyl groups excluding tert-OH is 1. The van der Waals surface area contributed by atoms with Gasteiger partial charge in [-0.25, -0.2) is 19.3 Å². The van der Waals surface area contributed by atoms with E-state index in [2.05, 4.69) is 20.3 Å². The molecule has 2 aliphatic rings. The number of hydrogen-bond donors (Lipinski definition) is 2. The number of aliphatic hydroxyl groups is 1. The van der Waals surface area contributed by atoms with Gasteiger partial charge >= 0.3 is 0 Å². The zero-order chi connectivity index (χ0) is 27.3. The molecule has 0 radical (unpaired) electrons. The zero-order valence-corrected chi connectivity index (χ0v) is 21.7. The molecule has 39 heavy (non-hydrogen) atoms. The Hall–Kier alpha value is -4.38. The lowest BCUT2D eigenvalue weighted by Crippen LogP contribution is -2.42. The fourth-order valence-corrected chi connectivity index (χ4v) is 5.66. The largest absolute Gasteiger partial charge is 0.392 e. The monoisotopic (exact) mass is 529 g/mol. The maximum atomic E-state index is 15.4. The predicted octanol–water partition coefficient (Wildman–Crippen LogP) is 3.26. The summed E-state index contributed by atoms with van der Waals surface area (Å²) in [5, 5.41) is 13.5. The lowest BCUT2D eigenvalue weighted by Gasteiger charge is -2.30. The first-order chi connectivity index (χ1) is 18.9. The Bertz CT molecular complexity index is 1680. The van der Waals surface area contributed by atoms with E-state index in [0.29, 0.717) is 53.4 Å². The van der Waals surface area contributed by atoms with Crippen molar-refractivity contribution in [2.75, 3.05) is 16.8 Å². The Balaban J connectivity index is 1.41. The third-order valence-electron chi connectivity index (χ3n) is 7.48. The number of rotatable bonds is 5. The maximum Gasteiger partial charge on any atom is 0.279 e. The molecule has 200 valence electrons. The summed E-state index contributed by atoms with van der Waals surface area (Å²) >= 11 is 0. The summed E-state index contributed by atoms with van der Waals surface area (Å²) in [6, 6.07) is 5.07. The molecule has 0 saturated heterocycles. The second-order valence-corrected chi connectivity index (χ2v) is 9.89. The third kappa shape index (κ3) is 4.19. The van der Waals surface area contributed by atoms with Crippen molar-refractivity contribution in [3.8, 4) is 11.1 Å². The highest BCUT2D eigenvalue weighted by Crippen LogP contribution is 2.36. The van der Waals surface area contributed by atoms with Gasteiger partial charge in [0.2, 0.25) is 0 Å². The van der Waals surface area contributed by atoms with Crippen LogP contribution in [0.3, 0.4) is 0 Å². The summed E-state index contributed by atoms with van der Waals surface area (Å²) in [6.45, 7) is 2.12. The van der Waals surface area contributed by atoms with E-state index >= 15 is 4.39 Å². The van der Waals surface area contributed by atoms with Crippen LogP contribution in [0.5, 0.6) is 0 Å². The highest BCUT2D eigenvalue weighted by molar-refractivity contribution is 6.06. The molecular weight excluding hydrogens is 501 g/mol. The van der Waals surface area contributed by atoms with Crippen LogP contribution in [-0.4, -0.2) is 41.6 Å². The molecule has 0 atom stereocenters. The minimum absolute atomic E-state index is 0.0676. The van der Waals surface area contributed by atoms with Gasteiger partial charge in [0.15, 0.2) is 5.82 Å². The van der Waals surface area contributed by atoms with Crippen molar-refractivity contribution in [2.45, 2.75) is 45.8 Å². The number of anilines is 3. The fraction of sp³-hybridized carbons (Fsp3) is 0.321. The molecule has 4 aromatic heterocycles. The minimum Gasteiger partial charge on any atom is -0.392 e. The Kier molecular flexibility index (Phi) is 6.22. The van der Waals surface area contributed by atoms with Crippen molar-refractivity contribution in [3.63, 3.8) is 0 Å². The van der Waals surface area contributed by atoms with E-state index in [1.807, 2.05) is 4.57 Å². The number of nitrogens with one attached hydrogen (secondary N) is 1. The first kappa shape index (κ1) is 24.9. The number of aromatic nitrogens is 5. The molecule has 1 aliphatic heterocycles. The SMILES string of the molecule is Cc1nccc(Nc2cc(-c3ccnc(N4CCn5c6c(c(F)c5C4=O)CCCC6)c3CO)cn(C)c2=O)n1. The summed E-state index contributed by atoms with van der Waals surface area (Å²) in [7, 11) is 1.63. The van der Waals surface area contributed by atoms with Crippen molar-refractivity contribution in [2.24, 2.45) is 7.05 Å². The third-order valence-corrected chi connectivity index (χ3v) is 7.48. The van der Waals surface area contributed by atoms with Gasteiger partial charge in [-0.3, -0.25) is 14.5 Å². The average molecular weight is 530 g/mol. The van der Waals surface area contributed by atoms with Crippen molar-refractivity contribution < 1.29 is 14.3 Å². The lowest BCUT2D eigenvalue weighted by molar-refractivity contribution is 0.0958. The van der Waals surface area contributed by atoms with Gasteiger partial charge in [0.05, 0.1) is 6.61 Å². The first-order valence-corrected chi connectivity index (χ1v) is 13.0. The average Bonchev–Trinajstić information content (AvgIpc) is 3.23. The molecule has 2 N–H and O–H groups in total. The molecule has 0 bridgehead atoms. The number of amides is 1. The second-order valence-electron chi connectivity index (χ2n) is 9.89. The Morgan fingerprint density at radius 3 is 2.69 bits per heavy atom. The molecule has 11 heteroatoms. The minimum atomic E-state index is -0.463. The number of halogens is 1. The van der Waals surface area contributed by atoms with Gasteiger partial charge in [-0.1, -0.05) is 0 Å². The summed E-state index contributed by atoms with van der Waals surface area (Å²) in [5.74, 6) is 0.411. The van der Waals surface area contributed by atoms with Gasteiger partial charge in [-0.2, -0.15) is 0 Å². The van der Waals surface area contributed by atoms with E-state index in [0.717, 1.165) is 25.0 Å². The number of fused-ring (bicyclic) bond motifs is 3. The summed E-state index contributed by atoms with van der Waals surface area (Å²) in [4.78, 5) is 40.8. The van der Waals surface area contributed by atoms with Gasteiger partial charge in [-0.05, 0) is 56.4 Å². The summed E-state index contributed by atoms with van der Waals surface area (Å²) in [6.07, 6.45) is 8.13. The Morgan fingerprint density at radius 2 is 1.90 bits per heavy atom. The number of aryl methyl sites for hydroxylation is 2. The topological polar surface area (TPSA) is 118 Å². The highest BCUT2D eigenvalue weighted by atomic mass is 19.1. The zero-order valence-electron chi connectivity index (χ0n) is 21.7. The van der Waals surface area contributed by atoms with Gasteiger partial charge < -0.3 is 19.6 Å². The van der Waals surface area contributed by atoms with Crippen LogP contribution in [-0.2, 0) is 33.0 Å². The van der Waals surface area contributed by atoms with E-state index in [1.165, 1.54) is 9.47 Å². The van der Waals surface area contributed by atoms with Crippen molar-refractivity contribution in [3.05, 3.63) is 81.3 Å². The highest BCUT2D eigenvalue weighted by Gasteiger charge is 2.36. The van der Waals surface area contributed by atoms with Crippen LogP contribution < -0.4 is 15.8 Å². The number of hydrogen-bond acceptors (Lipinski definition) is 7. The van der Waals surface area contributed by atoms with Crippen LogP contribution in [0.1, 0.15) is 46.0 Å². The number of carbonyl (C=O) groups is 1. The first-order valence-electron chi connectivity index (χ1n) is 13.0. The van der Waals surface area contributed by atoms with Crippen LogP contribution in [0.25, 0.3) is 11.1 Å². The molecule has 0 unspecified atom stereocenters. The van der Waals surface area contributed by atoms with E-state index < -0.39 is 18.3 Å². The number of nitrogens with zero attached hydrogens (tertiary/aromatic N) is 6. The Morgan fingerprint density at radius 1 is 1.10 bits per heavy atom. The molecule has 5 heterocycles. The van der Waals surface area contributed by atoms with Crippen LogP contribution in [0.15, 0.2) is 41.6 Å². The van der Waals surface area contributed by atoms with E-state index in [4.69, 9.17) is 0 Å². The van der Waals surface area contributed by atoms with E-state index in [1.54, 1.807) is 50.8 Å². The Labute approximate surface area is 223 Å². The normalized spacial score (nSPS) is 14.8. The van der Waals surface area contributed by atoms with Crippen molar-refractivity contribution in [1.29, 1.82) is 0 Å². The predicted molar refractivity (Wildman–Crippen MR) is 144 cm³/mol. The van der Waals surface area contributed by atoms with E-state index in [-0.39, 0.29) is 22.8 Å². The molecule has 4 aromatic rings. The summed E-state index contributed by atoms with van der Waals surface area (Å²) < 4.78 is 18.7. The second kappa shape index (κ2) is 9.73. The molecule has 0 aromatic carbocycles. The van der Waals surface area contributed by atoms with Gasteiger partial charge in [0.1, 0.15) is 28.8 Å². The maximum absolute atomic E-state index is 15.4. The van der Waals surface area contributed by atoms with Gasteiger partial charge in [0.25, 0.3) is 11.5 Å². The fourth-order valence-electron chi connectivity index (χ4n) is 5.66. The van der Waals surface area contributed by atoms with Crippen LogP contribution in [0.2, 0.25) is 0 Å². The molecule has 6 rings (SSSR count). The molecular formula is C28H28FN7O3. The standard InChI is InChI=1S/C28H28FN7O3/c1-16-30-10-8-23(32-16)33-21-13-17(14-34(2)27(21)38)18-7-9-31-26(20(18)15-37)36-12-11-35-22-6-4-3-5-19(22)24(29)25(35)28(36)39/h7-10,13-14,37H,3-6,11-12,15H2,1-2H3,(H,30,32,33).